The first-order valence-electron chi connectivity index (χ1n) is 8.97. The normalized spacial score (nSPS) is 11.2. The molecule has 2 N–H and O–H groups in total. The van der Waals surface area contributed by atoms with E-state index in [1.807, 2.05) is 26.0 Å². The maximum absolute atomic E-state index is 12.1. The number of rotatable bonds is 8. The maximum Gasteiger partial charge on any atom is 0.326 e. The van der Waals surface area contributed by atoms with Crippen LogP contribution in [-0.4, -0.2) is 37.0 Å². The van der Waals surface area contributed by atoms with Gasteiger partial charge in [-0.15, -0.1) is 0 Å². The molecule has 2 amide bonds. The Morgan fingerprint density at radius 1 is 1.00 bits per heavy atom. The first-order chi connectivity index (χ1) is 13.4. The molecule has 2 aromatic rings. The SMILES string of the molecule is CCOc1ccc(C(=O)NCC(=O)O[C@H](C)C(=O)Nc2ccc(C)cc2)cc1. The molecule has 28 heavy (non-hydrogen) atoms. The number of benzene rings is 2. The van der Waals surface area contributed by atoms with Gasteiger partial charge in [0.05, 0.1) is 6.61 Å². The molecule has 0 aliphatic heterocycles. The monoisotopic (exact) mass is 384 g/mol. The Bertz CT molecular complexity index is 816. The molecule has 0 fully saturated rings. The molecular formula is C21H24N2O5. The van der Waals surface area contributed by atoms with E-state index < -0.39 is 23.9 Å². The molecule has 0 bridgehead atoms. The van der Waals surface area contributed by atoms with E-state index in [1.54, 1.807) is 36.4 Å². The number of amides is 2. The molecule has 148 valence electrons. The van der Waals surface area contributed by atoms with Crippen LogP contribution in [0.2, 0.25) is 0 Å². The topological polar surface area (TPSA) is 93.7 Å². The molecule has 0 radical (unpaired) electrons. The van der Waals surface area contributed by atoms with Crippen LogP contribution in [0.3, 0.4) is 0 Å². The summed E-state index contributed by atoms with van der Waals surface area (Å²) >= 11 is 0. The Hall–Kier alpha value is -3.35. The van der Waals surface area contributed by atoms with Gasteiger partial charge in [-0.05, 0) is 57.2 Å². The van der Waals surface area contributed by atoms with Crippen molar-refractivity contribution in [3.05, 3.63) is 59.7 Å². The molecule has 0 heterocycles. The highest BCUT2D eigenvalue weighted by Crippen LogP contribution is 2.12. The third-order valence-electron chi connectivity index (χ3n) is 3.82. The van der Waals surface area contributed by atoms with Crippen LogP contribution < -0.4 is 15.4 Å². The highest BCUT2D eigenvalue weighted by Gasteiger charge is 2.18. The van der Waals surface area contributed by atoms with Crippen LogP contribution in [0.25, 0.3) is 0 Å². The Morgan fingerprint density at radius 2 is 1.64 bits per heavy atom. The molecule has 1 atom stereocenters. The first kappa shape index (κ1) is 21.0. The summed E-state index contributed by atoms with van der Waals surface area (Å²) in [5.41, 5.74) is 2.07. The minimum atomic E-state index is -0.990. The number of aryl methyl sites for hydroxylation is 1. The molecule has 7 nitrogen and oxygen atoms in total. The van der Waals surface area contributed by atoms with Gasteiger partial charge in [0.25, 0.3) is 11.8 Å². The predicted octanol–water partition coefficient (Wildman–Crippen LogP) is 2.69. The summed E-state index contributed by atoms with van der Waals surface area (Å²) in [7, 11) is 0. The van der Waals surface area contributed by atoms with Crippen LogP contribution in [0.5, 0.6) is 5.75 Å². The molecule has 0 aromatic heterocycles. The average molecular weight is 384 g/mol. The van der Waals surface area contributed by atoms with E-state index in [0.717, 1.165) is 5.56 Å². The van der Waals surface area contributed by atoms with Crippen LogP contribution in [0, 0.1) is 6.92 Å². The summed E-state index contributed by atoms with van der Waals surface area (Å²) in [5, 5.41) is 5.13. The second kappa shape index (κ2) is 10.1. The van der Waals surface area contributed by atoms with Crippen molar-refractivity contribution in [2.24, 2.45) is 0 Å². The standard InChI is InChI=1S/C21H24N2O5/c1-4-27-18-11-7-16(8-12-18)21(26)22-13-19(24)28-15(3)20(25)23-17-9-5-14(2)6-10-17/h5-12,15H,4,13H2,1-3H3,(H,22,26)(H,23,25)/t15-/m1/s1. The van der Waals surface area contributed by atoms with Crippen molar-refractivity contribution in [2.75, 3.05) is 18.5 Å². The Balaban J connectivity index is 1.78. The van der Waals surface area contributed by atoms with Crippen molar-refractivity contribution in [1.82, 2.24) is 5.32 Å². The number of hydrogen-bond acceptors (Lipinski definition) is 5. The van der Waals surface area contributed by atoms with Crippen LogP contribution in [-0.2, 0) is 14.3 Å². The quantitative estimate of drug-likeness (QED) is 0.683. The highest BCUT2D eigenvalue weighted by molar-refractivity contribution is 5.97. The van der Waals surface area contributed by atoms with E-state index in [9.17, 15) is 14.4 Å². The van der Waals surface area contributed by atoms with Gasteiger partial charge in [0, 0.05) is 11.3 Å². The van der Waals surface area contributed by atoms with E-state index in [2.05, 4.69) is 10.6 Å². The van der Waals surface area contributed by atoms with Crippen LogP contribution in [0.4, 0.5) is 5.69 Å². The second-order valence-corrected chi connectivity index (χ2v) is 6.13. The average Bonchev–Trinajstić information content (AvgIpc) is 2.68. The molecule has 2 aromatic carbocycles. The third kappa shape index (κ3) is 6.42. The molecule has 7 heteroatoms. The Kier molecular flexibility index (Phi) is 7.56. The van der Waals surface area contributed by atoms with Crippen LogP contribution >= 0.6 is 0 Å². The van der Waals surface area contributed by atoms with Gasteiger partial charge in [0.2, 0.25) is 0 Å². The summed E-state index contributed by atoms with van der Waals surface area (Å²) in [6, 6.07) is 13.8. The Labute approximate surface area is 164 Å². The van der Waals surface area contributed by atoms with Gasteiger partial charge >= 0.3 is 5.97 Å². The number of anilines is 1. The van der Waals surface area contributed by atoms with Gasteiger partial charge in [0.1, 0.15) is 12.3 Å². The van der Waals surface area contributed by atoms with Crippen LogP contribution in [0.15, 0.2) is 48.5 Å². The van der Waals surface area contributed by atoms with Crippen molar-refractivity contribution >= 4 is 23.5 Å². The van der Waals surface area contributed by atoms with Crippen molar-refractivity contribution in [3.8, 4) is 5.75 Å². The predicted molar refractivity (Wildman–Crippen MR) is 105 cm³/mol. The lowest BCUT2D eigenvalue weighted by molar-refractivity contribution is -0.152. The lowest BCUT2D eigenvalue weighted by Gasteiger charge is -2.14. The fraction of sp³-hybridized carbons (Fsp3) is 0.286. The van der Waals surface area contributed by atoms with E-state index in [0.29, 0.717) is 23.6 Å². The van der Waals surface area contributed by atoms with Gasteiger partial charge in [-0.25, -0.2) is 0 Å². The minimum absolute atomic E-state index is 0.339. The molecule has 0 aliphatic rings. The molecule has 0 saturated heterocycles. The molecular weight excluding hydrogens is 360 g/mol. The summed E-state index contributed by atoms with van der Waals surface area (Å²) in [5.74, 6) is -0.912. The number of esters is 1. The largest absolute Gasteiger partial charge is 0.494 e. The lowest BCUT2D eigenvalue weighted by Crippen LogP contribution is -2.35. The van der Waals surface area contributed by atoms with Crippen molar-refractivity contribution in [2.45, 2.75) is 26.9 Å². The fourth-order valence-corrected chi connectivity index (χ4v) is 2.30. The van der Waals surface area contributed by atoms with E-state index in [-0.39, 0.29) is 6.54 Å². The smallest absolute Gasteiger partial charge is 0.326 e. The summed E-state index contributed by atoms with van der Waals surface area (Å²) < 4.78 is 10.4. The second-order valence-electron chi connectivity index (χ2n) is 6.13. The van der Waals surface area contributed by atoms with Gasteiger partial charge in [-0.3, -0.25) is 14.4 Å². The maximum atomic E-state index is 12.1. The van der Waals surface area contributed by atoms with E-state index >= 15 is 0 Å². The number of carbonyl (C=O) groups is 3. The summed E-state index contributed by atoms with van der Waals surface area (Å²) in [4.78, 5) is 36.1. The summed E-state index contributed by atoms with van der Waals surface area (Å²) in [6.45, 7) is 5.48. The molecule has 0 saturated carbocycles. The van der Waals surface area contributed by atoms with E-state index in [4.69, 9.17) is 9.47 Å². The fourth-order valence-electron chi connectivity index (χ4n) is 2.30. The lowest BCUT2D eigenvalue weighted by atomic mass is 10.2. The van der Waals surface area contributed by atoms with Gasteiger partial charge in [-0.1, -0.05) is 17.7 Å². The van der Waals surface area contributed by atoms with Crippen molar-refractivity contribution in [1.29, 1.82) is 0 Å². The van der Waals surface area contributed by atoms with Gasteiger partial charge < -0.3 is 20.1 Å². The van der Waals surface area contributed by atoms with Crippen LogP contribution in [0.1, 0.15) is 29.8 Å². The highest BCUT2D eigenvalue weighted by atomic mass is 16.5. The Morgan fingerprint density at radius 3 is 2.25 bits per heavy atom. The zero-order chi connectivity index (χ0) is 20.5. The number of hydrogen-bond donors (Lipinski definition) is 2. The third-order valence-corrected chi connectivity index (χ3v) is 3.82. The zero-order valence-corrected chi connectivity index (χ0v) is 16.2. The molecule has 0 unspecified atom stereocenters. The first-order valence-corrected chi connectivity index (χ1v) is 8.97. The minimum Gasteiger partial charge on any atom is -0.494 e. The molecule has 2 rings (SSSR count). The number of carbonyl (C=O) groups excluding carboxylic acids is 3. The molecule has 0 aliphatic carbocycles. The van der Waals surface area contributed by atoms with Crippen molar-refractivity contribution in [3.63, 3.8) is 0 Å². The summed E-state index contributed by atoms with van der Waals surface area (Å²) in [6.07, 6.45) is -0.990. The number of ether oxygens (including phenoxy) is 2. The van der Waals surface area contributed by atoms with Gasteiger partial charge in [-0.2, -0.15) is 0 Å². The van der Waals surface area contributed by atoms with E-state index in [1.165, 1.54) is 6.92 Å². The molecule has 0 spiro atoms. The van der Waals surface area contributed by atoms with Gasteiger partial charge in [0.15, 0.2) is 6.10 Å². The van der Waals surface area contributed by atoms with Crippen molar-refractivity contribution < 1.29 is 23.9 Å². The number of nitrogens with one attached hydrogen (secondary N) is 2. The zero-order valence-electron chi connectivity index (χ0n) is 16.2.